The largest absolute Gasteiger partial charge is 0.393 e. The minimum Gasteiger partial charge on any atom is -0.393 e. The lowest BCUT2D eigenvalue weighted by Gasteiger charge is -2.33. The van der Waals surface area contributed by atoms with Crippen LogP contribution in [0.15, 0.2) is 59.4 Å². The first kappa shape index (κ1) is 23.3. The van der Waals surface area contributed by atoms with Gasteiger partial charge in [-0.15, -0.1) is 0 Å². The number of hydrogen-bond donors (Lipinski definition) is 4. The zero-order chi connectivity index (χ0) is 23.6. The van der Waals surface area contributed by atoms with Crippen molar-refractivity contribution in [1.82, 2.24) is 20.4 Å². The number of aromatic nitrogens is 2. The molecule has 2 heterocycles. The molecular weight excluding hydrogens is 448 g/mol. The van der Waals surface area contributed by atoms with Crippen LogP contribution in [0.25, 0.3) is 5.69 Å². The van der Waals surface area contributed by atoms with Crippen molar-refractivity contribution in [2.45, 2.75) is 37.6 Å². The molecule has 0 amide bonds. The number of carbonyl (C=O) groups is 1. The molecule has 5 N–H and O–H groups in total. The molecule has 0 saturated heterocycles. The third kappa shape index (κ3) is 5.37. The number of nitrogens with one attached hydrogen (secondary N) is 2. The van der Waals surface area contributed by atoms with E-state index in [1.165, 1.54) is 6.34 Å². The van der Waals surface area contributed by atoms with Crippen LogP contribution in [0.3, 0.4) is 0 Å². The summed E-state index contributed by atoms with van der Waals surface area (Å²) in [7, 11) is -4.09. The first-order chi connectivity index (χ1) is 15.6. The molecule has 1 aromatic carbocycles. The van der Waals surface area contributed by atoms with Gasteiger partial charge in [-0.1, -0.05) is 18.2 Å². The predicted molar refractivity (Wildman–Crippen MR) is 121 cm³/mol. The maximum atomic E-state index is 13.3. The van der Waals surface area contributed by atoms with Crippen LogP contribution in [-0.2, 0) is 14.5 Å². The molecule has 4 rings (SSSR count). The molecule has 4 atom stereocenters. The number of para-hydroxylation sites is 1. The topological polar surface area (TPSA) is 161 Å². The molecule has 2 aromatic rings. The minimum atomic E-state index is -4.09. The van der Waals surface area contributed by atoms with E-state index in [1.54, 1.807) is 30.1 Å². The lowest BCUT2D eigenvalue weighted by atomic mass is 9.94. The van der Waals surface area contributed by atoms with Gasteiger partial charge in [-0.05, 0) is 38.0 Å². The van der Waals surface area contributed by atoms with Crippen LogP contribution in [0.4, 0.5) is 0 Å². The molecule has 176 valence electrons. The van der Waals surface area contributed by atoms with E-state index in [-0.39, 0.29) is 24.1 Å². The fourth-order valence-electron chi connectivity index (χ4n) is 4.19. The lowest BCUT2D eigenvalue weighted by molar-refractivity contribution is 0.100. The van der Waals surface area contributed by atoms with Crippen LogP contribution < -0.4 is 15.8 Å². The zero-order valence-electron chi connectivity index (χ0n) is 18.0. The van der Waals surface area contributed by atoms with Gasteiger partial charge in [0.05, 0.1) is 30.3 Å². The van der Waals surface area contributed by atoms with Gasteiger partial charge in [-0.25, -0.2) is 14.8 Å². The molecule has 33 heavy (non-hydrogen) atoms. The van der Waals surface area contributed by atoms with Crippen LogP contribution in [0.2, 0.25) is 0 Å². The summed E-state index contributed by atoms with van der Waals surface area (Å²) in [6, 6.07) is 10.9. The Labute approximate surface area is 191 Å². The Balaban J connectivity index is 1.48. The number of ketones is 1. The maximum absolute atomic E-state index is 13.3. The highest BCUT2D eigenvalue weighted by molar-refractivity contribution is 7.84. The van der Waals surface area contributed by atoms with Crippen molar-refractivity contribution in [3.8, 4) is 5.69 Å². The van der Waals surface area contributed by atoms with Gasteiger partial charge in [0.25, 0.3) is 0 Å². The van der Waals surface area contributed by atoms with E-state index in [0.717, 1.165) is 5.69 Å². The molecule has 1 aromatic heterocycles. The summed E-state index contributed by atoms with van der Waals surface area (Å²) in [5, 5.41) is 25.8. The number of aliphatic hydroxyl groups is 1. The normalized spacial score (nSPS) is 27.2. The smallest absolute Gasteiger partial charge is 0.333 e. The van der Waals surface area contributed by atoms with Crippen LogP contribution in [-0.4, -0.2) is 59.8 Å². The third-order valence-corrected chi connectivity index (χ3v) is 6.29. The van der Waals surface area contributed by atoms with Crippen molar-refractivity contribution in [3.05, 3.63) is 60.1 Å². The Morgan fingerprint density at radius 3 is 2.82 bits per heavy atom. The number of aliphatic hydroxyl groups excluding tert-OH is 1. The Morgan fingerprint density at radius 2 is 2.09 bits per heavy atom. The molecule has 1 aliphatic heterocycles. The van der Waals surface area contributed by atoms with Crippen molar-refractivity contribution in [2.24, 2.45) is 16.0 Å². The minimum absolute atomic E-state index is 0.210. The summed E-state index contributed by atoms with van der Waals surface area (Å²) < 4.78 is 28.4. The van der Waals surface area contributed by atoms with E-state index in [4.69, 9.17) is 5.14 Å². The van der Waals surface area contributed by atoms with Crippen LogP contribution in [0.5, 0.6) is 0 Å². The van der Waals surface area contributed by atoms with Gasteiger partial charge in [0.1, 0.15) is 11.4 Å². The van der Waals surface area contributed by atoms with Gasteiger partial charge in [-0.3, -0.25) is 14.3 Å². The average Bonchev–Trinajstić information content (AvgIpc) is 3.39. The van der Waals surface area contributed by atoms with Gasteiger partial charge < -0.3 is 10.4 Å². The van der Waals surface area contributed by atoms with Crippen LogP contribution in [0.1, 0.15) is 30.3 Å². The van der Waals surface area contributed by atoms with E-state index >= 15 is 0 Å². The molecule has 1 fully saturated rings. The number of hydrogen-bond acceptors (Lipinski definition) is 9. The molecule has 1 unspecified atom stereocenters. The number of nitrogens with two attached hydrogens (primary N) is 1. The fourth-order valence-corrected chi connectivity index (χ4v) is 4.55. The lowest BCUT2D eigenvalue weighted by Crippen LogP contribution is -2.51. The van der Waals surface area contributed by atoms with Gasteiger partial charge in [0.15, 0.2) is 0 Å². The highest BCUT2D eigenvalue weighted by Crippen LogP contribution is 2.31. The standard InChI is InChI=1S/C21H26N6O5S/c1-21(25-15-9-14(19(28)10-15)12-32-33(22,30)31)17(11-23-13-24-21)20(29)18-7-8-27(26-18)16-5-3-2-4-6-16/h2-8,11,13-15,19,25,28H,9-10,12H2,1H3,(H,23,24)(H2,22,30,31)/t14-,15-,19+,21?/m1/s1. The molecule has 11 nitrogen and oxygen atoms in total. The Kier molecular flexibility index (Phi) is 6.45. The quantitative estimate of drug-likeness (QED) is 0.396. The second-order valence-electron chi connectivity index (χ2n) is 8.28. The SMILES string of the molecule is CC1(N[C@@H]2C[C@H](COS(N)(=O)=O)[C@@H](O)C2)N=CNC=C1C(=O)c1ccn(-c2ccccc2)n1. The summed E-state index contributed by atoms with van der Waals surface area (Å²) in [5.74, 6) is -0.712. The number of Topliss-reactive ketones (excluding diaryl/α,β-unsaturated/α-hetero) is 1. The molecule has 0 spiro atoms. The number of nitrogens with zero attached hydrogens (tertiary/aromatic N) is 3. The van der Waals surface area contributed by atoms with Crippen molar-refractivity contribution in [3.63, 3.8) is 0 Å². The van der Waals surface area contributed by atoms with E-state index in [9.17, 15) is 18.3 Å². The van der Waals surface area contributed by atoms with E-state index in [0.29, 0.717) is 18.4 Å². The number of rotatable bonds is 8. The van der Waals surface area contributed by atoms with Crippen molar-refractivity contribution in [2.75, 3.05) is 6.61 Å². The highest BCUT2D eigenvalue weighted by Gasteiger charge is 2.41. The van der Waals surface area contributed by atoms with Crippen molar-refractivity contribution >= 4 is 22.4 Å². The van der Waals surface area contributed by atoms with Gasteiger partial charge >= 0.3 is 10.3 Å². The monoisotopic (exact) mass is 474 g/mol. The molecular formula is C21H26N6O5S. The van der Waals surface area contributed by atoms with Crippen molar-refractivity contribution in [1.29, 1.82) is 0 Å². The summed E-state index contributed by atoms with van der Waals surface area (Å²) in [6.45, 7) is 1.56. The molecule has 0 bridgehead atoms. The number of benzene rings is 1. The second-order valence-corrected chi connectivity index (χ2v) is 9.50. The molecule has 0 radical (unpaired) electrons. The summed E-state index contributed by atoms with van der Waals surface area (Å²) in [6.07, 6.45) is 4.79. The Hall–Kier alpha value is -2.90. The average molecular weight is 475 g/mol. The summed E-state index contributed by atoms with van der Waals surface area (Å²) in [4.78, 5) is 17.8. The number of aliphatic imine (C=N–C) groups is 1. The molecule has 1 saturated carbocycles. The molecule has 12 heteroatoms. The first-order valence-corrected chi connectivity index (χ1v) is 11.9. The van der Waals surface area contributed by atoms with Crippen LogP contribution in [0, 0.1) is 5.92 Å². The second kappa shape index (κ2) is 9.15. The first-order valence-electron chi connectivity index (χ1n) is 10.4. The summed E-state index contributed by atoms with van der Waals surface area (Å²) in [5.41, 5.74) is 0.391. The Morgan fingerprint density at radius 1 is 1.33 bits per heavy atom. The van der Waals surface area contributed by atoms with Crippen LogP contribution >= 0.6 is 0 Å². The van der Waals surface area contributed by atoms with Crippen molar-refractivity contribution < 1.29 is 22.5 Å². The third-order valence-electron chi connectivity index (χ3n) is 5.83. The van der Waals surface area contributed by atoms with E-state index in [1.807, 2.05) is 30.3 Å². The van der Waals surface area contributed by atoms with Gasteiger partial charge in [-0.2, -0.15) is 13.5 Å². The van der Waals surface area contributed by atoms with E-state index < -0.39 is 28.0 Å². The molecule has 2 aliphatic rings. The van der Waals surface area contributed by atoms with E-state index in [2.05, 4.69) is 24.9 Å². The van der Waals surface area contributed by atoms with Gasteiger partial charge in [0, 0.05) is 24.4 Å². The fraction of sp³-hybridized carbons (Fsp3) is 0.381. The predicted octanol–water partition coefficient (Wildman–Crippen LogP) is 0.236. The summed E-state index contributed by atoms with van der Waals surface area (Å²) >= 11 is 0. The highest BCUT2D eigenvalue weighted by atomic mass is 32.2. The Bertz CT molecular complexity index is 1180. The van der Waals surface area contributed by atoms with Gasteiger partial charge in [0.2, 0.25) is 5.78 Å². The maximum Gasteiger partial charge on any atom is 0.333 e. The number of carbonyl (C=O) groups excluding carboxylic acids is 1. The zero-order valence-corrected chi connectivity index (χ0v) is 18.8. The molecule has 1 aliphatic carbocycles.